The zero-order chi connectivity index (χ0) is 20.4. The van der Waals surface area contributed by atoms with Crippen molar-refractivity contribution in [2.75, 3.05) is 16.3 Å². The minimum absolute atomic E-state index is 0.157. The summed E-state index contributed by atoms with van der Waals surface area (Å²) in [5.41, 5.74) is 3.70. The molecule has 0 unspecified atom stereocenters. The van der Waals surface area contributed by atoms with E-state index in [1.54, 1.807) is 36.4 Å². The molecule has 0 aliphatic carbocycles. The predicted molar refractivity (Wildman–Crippen MR) is 115 cm³/mol. The Kier molecular flexibility index (Phi) is 4.77. The molecule has 7 nitrogen and oxygen atoms in total. The maximum atomic E-state index is 11.5. The van der Waals surface area contributed by atoms with Gasteiger partial charge in [0.25, 0.3) is 0 Å². The molecule has 0 spiro atoms. The first-order chi connectivity index (χ1) is 13.9. The molecule has 146 valence electrons. The first kappa shape index (κ1) is 18.7. The average molecular weight is 406 g/mol. The molecule has 3 N–H and O–H groups in total. The number of aromatic hydroxyl groups is 1. The molecule has 29 heavy (non-hydrogen) atoms. The average Bonchev–Trinajstić information content (AvgIpc) is 2.67. The number of aromatic nitrogens is 2. The Morgan fingerprint density at radius 2 is 1.62 bits per heavy atom. The van der Waals surface area contributed by atoms with Gasteiger partial charge in [0.05, 0.1) is 11.8 Å². The third-order valence-corrected chi connectivity index (χ3v) is 4.85. The van der Waals surface area contributed by atoms with Crippen molar-refractivity contribution in [2.24, 2.45) is 0 Å². The highest BCUT2D eigenvalue weighted by molar-refractivity contribution is 7.92. The maximum Gasteiger partial charge on any atom is 0.229 e. The Bertz CT molecular complexity index is 1310. The smallest absolute Gasteiger partial charge is 0.229 e. The number of phenols is 1. The highest BCUT2D eigenvalue weighted by Crippen LogP contribution is 2.30. The number of sulfonamides is 1. The fraction of sp³-hybridized carbons (Fsp3) is 0.0476. The number of rotatable bonds is 5. The molecule has 0 saturated carbocycles. The molecular formula is C21H18N4O3S. The fourth-order valence-electron chi connectivity index (χ4n) is 3.03. The number of anilines is 3. The molecule has 0 saturated heterocycles. The monoisotopic (exact) mass is 406 g/mol. The number of fused-ring (bicyclic) bond motifs is 1. The first-order valence-corrected chi connectivity index (χ1v) is 10.7. The lowest BCUT2D eigenvalue weighted by Gasteiger charge is -2.11. The second-order valence-corrected chi connectivity index (χ2v) is 8.33. The third kappa shape index (κ3) is 4.44. The van der Waals surface area contributed by atoms with Crippen LogP contribution >= 0.6 is 0 Å². The molecule has 0 aliphatic heterocycles. The lowest BCUT2D eigenvalue weighted by Crippen LogP contribution is -2.09. The van der Waals surface area contributed by atoms with Crippen LogP contribution in [-0.4, -0.2) is 29.7 Å². The van der Waals surface area contributed by atoms with Crippen molar-refractivity contribution in [2.45, 2.75) is 0 Å². The summed E-state index contributed by atoms with van der Waals surface area (Å²) < 4.78 is 25.5. The van der Waals surface area contributed by atoms with Crippen LogP contribution < -0.4 is 10.0 Å². The van der Waals surface area contributed by atoms with Crippen LogP contribution in [0.25, 0.3) is 22.0 Å². The summed E-state index contributed by atoms with van der Waals surface area (Å²) in [5, 5.41) is 13.7. The van der Waals surface area contributed by atoms with Crippen molar-refractivity contribution in [3.63, 3.8) is 0 Å². The lowest BCUT2D eigenvalue weighted by molar-refractivity contribution is 0.475. The normalized spacial score (nSPS) is 11.3. The van der Waals surface area contributed by atoms with Crippen molar-refractivity contribution in [1.29, 1.82) is 0 Å². The van der Waals surface area contributed by atoms with Crippen LogP contribution in [0, 0.1) is 0 Å². The van der Waals surface area contributed by atoms with Crippen LogP contribution in [0.3, 0.4) is 0 Å². The van der Waals surface area contributed by atoms with Crippen LogP contribution in [0.1, 0.15) is 0 Å². The van der Waals surface area contributed by atoms with Gasteiger partial charge in [-0.05, 0) is 47.5 Å². The summed E-state index contributed by atoms with van der Waals surface area (Å²) in [6.45, 7) is 0. The number of benzene rings is 3. The Hall–Kier alpha value is -3.65. The summed E-state index contributed by atoms with van der Waals surface area (Å²) >= 11 is 0. The van der Waals surface area contributed by atoms with E-state index in [-0.39, 0.29) is 5.75 Å². The summed E-state index contributed by atoms with van der Waals surface area (Å²) in [7, 11) is -3.36. The Morgan fingerprint density at radius 1 is 0.862 bits per heavy atom. The summed E-state index contributed by atoms with van der Waals surface area (Å²) in [6, 6.07) is 19.7. The minimum atomic E-state index is -3.36. The van der Waals surface area contributed by atoms with Crippen LogP contribution in [0.4, 0.5) is 17.2 Å². The van der Waals surface area contributed by atoms with Gasteiger partial charge in [-0.3, -0.25) is 4.72 Å². The molecule has 0 amide bonds. The molecular weight excluding hydrogens is 388 g/mol. The molecule has 0 fully saturated rings. The van der Waals surface area contributed by atoms with E-state index in [9.17, 15) is 13.5 Å². The topological polar surface area (TPSA) is 104 Å². The fourth-order valence-corrected chi connectivity index (χ4v) is 3.59. The molecule has 4 aromatic rings. The molecule has 3 aromatic carbocycles. The van der Waals surface area contributed by atoms with Crippen LogP contribution in [-0.2, 0) is 10.0 Å². The SMILES string of the molecule is CS(=O)(=O)Nc1cccc(-c2ccc3ncnc(Nc4cccc(O)c4)c3c2)c1. The van der Waals surface area contributed by atoms with Gasteiger partial charge in [-0.25, -0.2) is 18.4 Å². The molecule has 0 radical (unpaired) electrons. The van der Waals surface area contributed by atoms with Gasteiger partial charge in [0.15, 0.2) is 0 Å². The molecule has 0 bridgehead atoms. The zero-order valence-electron chi connectivity index (χ0n) is 15.5. The zero-order valence-corrected chi connectivity index (χ0v) is 16.3. The van der Waals surface area contributed by atoms with Gasteiger partial charge in [-0.2, -0.15) is 0 Å². The summed E-state index contributed by atoms with van der Waals surface area (Å²) in [5.74, 6) is 0.761. The number of nitrogens with zero attached hydrogens (tertiary/aromatic N) is 2. The lowest BCUT2D eigenvalue weighted by atomic mass is 10.0. The van der Waals surface area contributed by atoms with Crippen molar-refractivity contribution < 1.29 is 13.5 Å². The van der Waals surface area contributed by atoms with E-state index < -0.39 is 10.0 Å². The van der Waals surface area contributed by atoms with Gasteiger partial charge in [-0.1, -0.05) is 24.3 Å². The molecule has 8 heteroatoms. The van der Waals surface area contributed by atoms with Crippen molar-refractivity contribution >= 4 is 38.1 Å². The largest absolute Gasteiger partial charge is 0.508 e. The second kappa shape index (κ2) is 7.40. The van der Waals surface area contributed by atoms with Crippen LogP contribution in [0.2, 0.25) is 0 Å². The molecule has 0 aliphatic rings. The van der Waals surface area contributed by atoms with Gasteiger partial charge in [0.1, 0.15) is 17.9 Å². The Labute approximate surface area is 168 Å². The Balaban J connectivity index is 1.75. The van der Waals surface area contributed by atoms with Gasteiger partial charge in [0, 0.05) is 22.8 Å². The first-order valence-electron chi connectivity index (χ1n) is 8.76. The quantitative estimate of drug-likeness (QED) is 0.461. The highest BCUT2D eigenvalue weighted by Gasteiger charge is 2.09. The highest BCUT2D eigenvalue weighted by atomic mass is 32.2. The minimum Gasteiger partial charge on any atom is -0.508 e. The number of nitrogens with one attached hydrogen (secondary N) is 2. The van der Waals surface area contributed by atoms with Gasteiger partial charge < -0.3 is 10.4 Å². The van der Waals surface area contributed by atoms with Gasteiger partial charge in [-0.15, -0.1) is 0 Å². The Morgan fingerprint density at radius 3 is 2.41 bits per heavy atom. The van der Waals surface area contributed by atoms with Crippen molar-refractivity contribution in [3.05, 3.63) is 73.1 Å². The van der Waals surface area contributed by atoms with Gasteiger partial charge in [0.2, 0.25) is 10.0 Å². The standard InChI is InChI=1S/C21H18N4O3S/c1-29(27,28)25-17-6-2-4-14(10-17)15-8-9-20-19(11-15)21(23-13-22-20)24-16-5-3-7-18(26)12-16/h2-13,25-26H,1H3,(H,22,23,24). The maximum absolute atomic E-state index is 11.5. The molecule has 1 aromatic heterocycles. The van der Waals surface area contributed by atoms with E-state index in [1.807, 2.05) is 30.3 Å². The third-order valence-electron chi connectivity index (χ3n) is 4.24. The van der Waals surface area contributed by atoms with E-state index in [0.717, 1.165) is 28.3 Å². The van der Waals surface area contributed by atoms with Crippen molar-refractivity contribution in [3.8, 4) is 16.9 Å². The number of hydrogen-bond donors (Lipinski definition) is 3. The molecule has 4 rings (SSSR count). The van der Waals surface area contributed by atoms with Crippen LogP contribution in [0.5, 0.6) is 5.75 Å². The van der Waals surface area contributed by atoms with E-state index >= 15 is 0 Å². The molecule has 1 heterocycles. The van der Waals surface area contributed by atoms with E-state index in [2.05, 4.69) is 20.0 Å². The second-order valence-electron chi connectivity index (χ2n) is 6.58. The van der Waals surface area contributed by atoms with E-state index in [4.69, 9.17) is 0 Å². The number of hydrogen-bond acceptors (Lipinski definition) is 6. The van der Waals surface area contributed by atoms with Gasteiger partial charge >= 0.3 is 0 Å². The summed E-state index contributed by atoms with van der Waals surface area (Å²) in [4.78, 5) is 8.65. The summed E-state index contributed by atoms with van der Waals surface area (Å²) in [6.07, 6.45) is 2.59. The van der Waals surface area contributed by atoms with E-state index in [0.29, 0.717) is 17.2 Å². The number of phenolic OH excluding ortho intramolecular Hbond substituents is 1. The van der Waals surface area contributed by atoms with Crippen molar-refractivity contribution in [1.82, 2.24) is 9.97 Å². The van der Waals surface area contributed by atoms with Crippen LogP contribution in [0.15, 0.2) is 73.1 Å². The van der Waals surface area contributed by atoms with E-state index in [1.165, 1.54) is 6.33 Å². The molecule has 0 atom stereocenters. The predicted octanol–water partition coefficient (Wildman–Crippen LogP) is 4.12.